The van der Waals surface area contributed by atoms with Gasteiger partial charge in [0.2, 0.25) is 8.32 Å². The van der Waals surface area contributed by atoms with Gasteiger partial charge in [-0.1, -0.05) is 54.9 Å². The Labute approximate surface area is 121 Å². The fourth-order valence-corrected chi connectivity index (χ4v) is 2.64. The first kappa shape index (κ1) is 15.5. The molecule has 0 amide bonds. The Morgan fingerprint density at radius 1 is 1.22 bits per heavy atom. The summed E-state index contributed by atoms with van der Waals surface area (Å²) in [6.07, 6.45) is 1.88. The third-order valence-corrected chi connectivity index (χ3v) is 8.85. The van der Waals surface area contributed by atoms with Gasteiger partial charge in [-0.2, -0.15) is 0 Å². The molecule has 100 valence electrons. The average molecular weight is 327 g/mol. The topological polar surface area (TPSA) is 9.23 Å². The summed E-state index contributed by atoms with van der Waals surface area (Å²) < 4.78 is 6.23. The van der Waals surface area contributed by atoms with Gasteiger partial charge in [0.1, 0.15) is 5.75 Å². The zero-order valence-corrected chi connectivity index (χ0v) is 14.5. The second-order valence-corrected chi connectivity index (χ2v) is 11.8. The van der Waals surface area contributed by atoms with Crippen LogP contribution in [0.5, 0.6) is 5.75 Å². The van der Waals surface area contributed by atoms with Gasteiger partial charge in [0.25, 0.3) is 0 Å². The van der Waals surface area contributed by atoms with Crippen LogP contribution < -0.4 is 4.43 Å². The number of rotatable bonds is 4. The smallest absolute Gasteiger partial charge is 0.250 e. The molecule has 0 aliphatic heterocycles. The first-order valence-corrected chi connectivity index (χ1v) is 10.1. The molecule has 1 aromatic carbocycles. The molecule has 1 atom stereocenters. The van der Waals surface area contributed by atoms with E-state index in [1.54, 1.807) is 0 Å². The van der Waals surface area contributed by atoms with Gasteiger partial charge in [-0.15, -0.1) is 6.58 Å². The van der Waals surface area contributed by atoms with E-state index in [1.165, 1.54) is 5.56 Å². The zero-order chi connectivity index (χ0) is 14.0. The first-order chi connectivity index (χ1) is 8.17. The van der Waals surface area contributed by atoms with Crippen molar-refractivity contribution in [2.45, 2.75) is 43.7 Å². The van der Waals surface area contributed by atoms with E-state index >= 15 is 0 Å². The van der Waals surface area contributed by atoms with Crippen LogP contribution in [-0.4, -0.2) is 8.32 Å². The van der Waals surface area contributed by atoms with Crippen LogP contribution in [0.25, 0.3) is 0 Å². The molecular formula is C15H23BrOSi. The molecule has 1 unspecified atom stereocenters. The highest BCUT2D eigenvalue weighted by Gasteiger charge is 2.38. The van der Waals surface area contributed by atoms with Crippen molar-refractivity contribution in [2.75, 3.05) is 0 Å². The van der Waals surface area contributed by atoms with Gasteiger partial charge in [0.05, 0.1) is 4.83 Å². The summed E-state index contributed by atoms with van der Waals surface area (Å²) in [7, 11) is -1.73. The Morgan fingerprint density at radius 2 is 1.72 bits per heavy atom. The quantitative estimate of drug-likeness (QED) is 0.392. The molecule has 1 nitrogen and oxygen atoms in total. The van der Waals surface area contributed by atoms with Gasteiger partial charge in [0.15, 0.2) is 0 Å². The first-order valence-electron chi connectivity index (χ1n) is 6.23. The third-order valence-electron chi connectivity index (χ3n) is 3.58. The summed E-state index contributed by atoms with van der Waals surface area (Å²) in [5.41, 5.74) is 1.20. The molecule has 0 N–H and O–H groups in total. The van der Waals surface area contributed by atoms with E-state index in [4.69, 9.17) is 4.43 Å². The normalized spacial score (nSPS) is 14.1. The van der Waals surface area contributed by atoms with E-state index in [0.29, 0.717) is 0 Å². The van der Waals surface area contributed by atoms with Crippen LogP contribution in [-0.2, 0) is 0 Å². The summed E-state index contributed by atoms with van der Waals surface area (Å²) >= 11 is 3.55. The standard InChI is InChI=1S/C15H23BrOSi/c1-7-14(16)12-8-10-13(11-9-12)17-18(5,6)15(2,3)4/h7-11,14H,1H2,2-6H3. The van der Waals surface area contributed by atoms with E-state index in [2.05, 4.69) is 68.5 Å². The molecule has 0 radical (unpaired) electrons. The highest BCUT2D eigenvalue weighted by Crippen LogP contribution is 2.37. The van der Waals surface area contributed by atoms with Crippen molar-refractivity contribution < 1.29 is 4.43 Å². The van der Waals surface area contributed by atoms with Crippen LogP contribution in [0.3, 0.4) is 0 Å². The molecule has 0 aliphatic rings. The highest BCUT2D eigenvalue weighted by atomic mass is 79.9. The molecule has 0 spiro atoms. The maximum Gasteiger partial charge on any atom is 0.250 e. The Morgan fingerprint density at radius 3 is 2.11 bits per heavy atom. The molecule has 0 fully saturated rings. The number of benzene rings is 1. The van der Waals surface area contributed by atoms with Crippen molar-refractivity contribution in [2.24, 2.45) is 0 Å². The van der Waals surface area contributed by atoms with Crippen LogP contribution in [0.2, 0.25) is 18.1 Å². The van der Waals surface area contributed by atoms with Crippen LogP contribution in [0.15, 0.2) is 36.9 Å². The molecule has 18 heavy (non-hydrogen) atoms. The summed E-state index contributed by atoms with van der Waals surface area (Å²) in [6, 6.07) is 8.27. The molecule has 0 bridgehead atoms. The number of hydrogen-bond acceptors (Lipinski definition) is 1. The second-order valence-electron chi connectivity index (χ2n) is 6.07. The largest absolute Gasteiger partial charge is 0.544 e. The van der Waals surface area contributed by atoms with Crippen molar-refractivity contribution in [3.63, 3.8) is 0 Å². The minimum Gasteiger partial charge on any atom is -0.544 e. The van der Waals surface area contributed by atoms with E-state index in [9.17, 15) is 0 Å². The van der Waals surface area contributed by atoms with Crippen molar-refractivity contribution >= 4 is 24.2 Å². The van der Waals surface area contributed by atoms with E-state index in [1.807, 2.05) is 18.2 Å². The van der Waals surface area contributed by atoms with E-state index < -0.39 is 8.32 Å². The average Bonchev–Trinajstić information content (AvgIpc) is 2.27. The fraction of sp³-hybridized carbons (Fsp3) is 0.467. The number of halogens is 1. The molecule has 0 aliphatic carbocycles. The van der Waals surface area contributed by atoms with Gasteiger partial charge in [0, 0.05) is 0 Å². The van der Waals surface area contributed by atoms with Crippen LogP contribution >= 0.6 is 15.9 Å². The molecule has 0 saturated heterocycles. The lowest BCUT2D eigenvalue weighted by Gasteiger charge is -2.36. The third kappa shape index (κ3) is 3.72. The summed E-state index contributed by atoms with van der Waals surface area (Å²) in [4.78, 5) is 0.208. The number of allylic oxidation sites excluding steroid dienone is 1. The predicted octanol–water partition coefficient (Wildman–Crippen LogP) is 5.69. The van der Waals surface area contributed by atoms with Gasteiger partial charge in [-0.3, -0.25) is 0 Å². The Kier molecular flexibility index (Phi) is 4.84. The molecule has 0 heterocycles. The Balaban J connectivity index is 2.85. The lowest BCUT2D eigenvalue weighted by Crippen LogP contribution is -2.43. The van der Waals surface area contributed by atoms with Crippen molar-refractivity contribution in [3.8, 4) is 5.75 Å². The van der Waals surface area contributed by atoms with Crippen LogP contribution in [0.1, 0.15) is 31.2 Å². The lowest BCUT2D eigenvalue weighted by molar-refractivity contribution is 0.492. The van der Waals surface area contributed by atoms with E-state index in [-0.39, 0.29) is 9.87 Å². The lowest BCUT2D eigenvalue weighted by atomic mass is 10.1. The monoisotopic (exact) mass is 326 g/mol. The van der Waals surface area contributed by atoms with E-state index in [0.717, 1.165) is 5.75 Å². The molecule has 0 saturated carbocycles. The van der Waals surface area contributed by atoms with Crippen molar-refractivity contribution in [1.82, 2.24) is 0 Å². The maximum absolute atomic E-state index is 6.23. The molecular weight excluding hydrogens is 304 g/mol. The molecule has 3 heteroatoms. The SMILES string of the molecule is C=CC(Br)c1ccc(O[Si](C)(C)C(C)(C)C)cc1. The summed E-state index contributed by atoms with van der Waals surface area (Å²) in [6.45, 7) is 15.1. The molecule has 1 rings (SSSR count). The van der Waals surface area contributed by atoms with Gasteiger partial charge < -0.3 is 4.43 Å². The van der Waals surface area contributed by atoms with Gasteiger partial charge in [-0.25, -0.2) is 0 Å². The summed E-state index contributed by atoms with van der Waals surface area (Å²) in [5, 5.41) is 0.227. The van der Waals surface area contributed by atoms with Crippen LogP contribution in [0.4, 0.5) is 0 Å². The van der Waals surface area contributed by atoms with Gasteiger partial charge >= 0.3 is 0 Å². The predicted molar refractivity (Wildman–Crippen MR) is 86.1 cm³/mol. The second kappa shape index (κ2) is 5.62. The molecule has 1 aromatic rings. The number of alkyl halides is 1. The number of hydrogen-bond donors (Lipinski definition) is 0. The highest BCUT2D eigenvalue weighted by molar-refractivity contribution is 9.09. The fourth-order valence-electron chi connectivity index (χ4n) is 1.30. The minimum absolute atomic E-state index is 0.208. The Hall–Kier alpha value is -0.543. The zero-order valence-electron chi connectivity index (χ0n) is 12.0. The van der Waals surface area contributed by atoms with Gasteiger partial charge in [-0.05, 0) is 35.8 Å². The minimum atomic E-state index is -1.73. The van der Waals surface area contributed by atoms with Crippen molar-refractivity contribution in [3.05, 3.63) is 42.5 Å². The Bertz CT molecular complexity index is 403. The summed E-state index contributed by atoms with van der Waals surface area (Å²) in [5.74, 6) is 0.967. The van der Waals surface area contributed by atoms with Crippen LogP contribution in [0, 0.1) is 0 Å². The maximum atomic E-state index is 6.23. The van der Waals surface area contributed by atoms with Crippen molar-refractivity contribution in [1.29, 1.82) is 0 Å². The molecule has 0 aromatic heterocycles.